The number of pyridine rings is 1. The van der Waals surface area contributed by atoms with Crippen LogP contribution in [0.2, 0.25) is 0 Å². The molecule has 2 N–H and O–H groups in total. The van der Waals surface area contributed by atoms with E-state index in [1.807, 2.05) is 0 Å². The number of morpholine rings is 1. The van der Waals surface area contributed by atoms with Crippen molar-refractivity contribution in [2.75, 3.05) is 36.9 Å². The van der Waals surface area contributed by atoms with Gasteiger partial charge in [-0.15, -0.1) is 0 Å². The second-order valence-corrected chi connectivity index (χ2v) is 11.2. The lowest BCUT2D eigenvalue weighted by Crippen LogP contribution is -2.38. The minimum absolute atomic E-state index is 0.0401. The Hall–Kier alpha value is -3.32. The molecular weight excluding hydrogens is 502 g/mol. The number of ether oxygens (including phenoxy) is 1. The summed E-state index contributed by atoms with van der Waals surface area (Å²) >= 11 is 0. The van der Waals surface area contributed by atoms with Gasteiger partial charge in [-0.2, -0.15) is 13.2 Å². The molecular formula is C23H23F4N5O3S. The summed E-state index contributed by atoms with van der Waals surface area (Å²) in [5.74, 6) is -1.03. The van der Waals surface area contributed by atoms with Crippen molar-refractivity contribution in [3.05, 3.63) is 59.7 Å². The Kier molecular flexibility index (Phi) is 6.64. The minimum Gasteiger partial charge on any atom is -0.384 e. The van der Waals surface area contributed by atoms with Crippen LogP contribution in [0.15, 0.2) is 47.5 Å². The van der Waals surface area contributed by atoms with E-state index < -0.39 is 32.1 Å². The van der Waals surface area contributed by atoms with Gasteiger partial charge in [0.2, 0.25) is 5.95 Å². The SMILES string of the molecule is CC(C)(c1cc(-c2cnc(N)cc2C(F)(F)F)nc(N2CCOCC2)n1)S(=O)(=O)c1cccc(F)c1. The number of halogens is 4. The third-order valence-electron chi connectivity index (χ3n) is 5.91. The number of aromatic nitrogens is 3. The maximum Gasteiger partial charge on any atom is 0.417 e. The molecule has 0 spiro atoms. The van der Waals surface area contributed by atoms with Gasteiger partial charge in [0.25, 0.3) is 0 Å². The molecule has 36 heavy (non-hydrogen) atoms. The van der Waals surface area contributed by atoms with Crippen LogP contribution in [0, 0.1) is 5.82 Å². The Morgan fingerprint density at radius 1 is 1.06 bits per heavy atom. The summed E-state index contributed by atoms with van der Waals surface area (Å²) in [6, 6.07) is 6.38. The van der Waals surface area contributed by atoms with Crippen molar-refractivity contribution >= 4 is 21.6 Å². The molecule has 1 saturated heterocycles. The second kappa shape index (κ2) is 9.28. The van der Waals surface area contributed by atoms with Gasteiger partial charge in [-0.1, -0.05) is 6.07 Å². The minimum atomic E-state index is -4.78. The van der Waals surface area contributed by atoms with Crippen LogP contribution in [0.25, 0.3) is 11.3 Å². The van der Waals surface area contributed by atoms with Gasteiger partial charge in [0, 0.05) is 24.8 Å². The quantitative estimate of drug-likeness (QED) is 0.501. The third-order valence-corrected chi connectivity index (χ3v) is 8.34. The molecule has 13 heteroatoms. The molecule has 1 aliphatic rings. The zero-order chi connectivity index (χ0) is 26.3. The van der Waals surface area contributed by atoms with Crippen LogP contribution in [-0.4, -0.2) is 49.7 Å². The highest BCUT2D eigenvalue weighted by molar-refractivity contribution is 7.92. The number of benzene rings is 1. The highest BCUT2D eigenvalue weighted by Crippen LogP contribution is 2.40. The van der Waals surface area contributed by atoms with Gasteiger partial charge in [-0.25, -0.2) is 27.8 Å². The Morgan fingerprint density at radius 2 is 1.75 bits per heavy atom. The number of anilines is 2. The molecule has 0 aliphatic carbocycles. The molecule has 192 valence electrons. The molecule has 0 radical (unpaired) electrons. The van der Waals surface area contributed by atoms with Gasteiger partial charge in [0.15, 0.2) is 9.84 Å². The molecule has 0 saturated carbocycles. The Labute approximate surface area is 205 Å². The van der Waals surface area contributed by atoms with Gasteiger partial charge in [0.1, 0.15) is 16.4 Å². The molecule has 3 aromatic rings. The Bertz CT molecular complexity index is 1390. The highest BCUT2D eigenvalue weighted by atomic mass is 32.2. The van der Waals surface area contributed by atoms with E-state index in [2.05, 4.69) is 15.0 Å². The summed E-state index contributed by atoms with van der Waals surface area (Å²) < 4.78 is 86.1. The van der Waals surface area contributed by atoms with Gasteiger partial charge in [0.05, 0.1) is 35.1 Å². The van der Waals surface area contributed by atoms with E-state index in [1.165, 1.54) is 32.0 Å². The molecule has 0 bridgehead atoms. The van der Waals surface area contributed by atoms with Crippen molar-refractivity contribution in [2.45, 2.75) is 29.7 Å². The molecule has 1 aliphatic heterocycles. The summed E-state index contributed by atoms with van der Waals surface area (Å²) in [6.45, 7) is 4.09. The Morgan fingerprint density at radius 3 is 2.39 bits per heavy atom. The maximum absolute atomic E-state index is 13.9. The normalized spacial score (nSPS) is 15.2. The lowest BCUT2D eigenvalue weighted by atomic mass is 10.0. The first-order chi connectivity index (χ1) is 16.8. The monoisotopic (exact) mass is 525 g/mol. The topological polar surface area (TPSA) is 111 Å². The fourth-order valence-corrected chi connectivity index (χ4v) is 5.26. The molecule has 1 aromatic carbocycles. The number of rotatable bonds is 5. The summed E-state index contributed by atoms with van der Waals surface area (Å²) in [6.07, 6.45) is -3.83. The van der Waals surface area contributed by atoms with Crippen LogP contribution < -0.4 is 10.6 Å². The zero-order valence-electron chi connectivity index (χ0n) is 19.4. The molecule has 0 unspecified atom stereocenters. The lowest BCUT2D eigenvalue weighted by molar-refractivity contribution is -0.137. The predicted octanol–water partition coefficient (Wildman–Crippen LogP) is 3.82. The number of alkyl halides is 3. The number of nitrogen functional groups attached to an aromatic ring is 1. The summed E-state index contributed by atoms with van der Waals surface area (Å²) in [7, 11) is -4.24. The number of sulfone groups is 1. The maximum atomic E-state index is 13.9. The van der Waals surface area contributed by atoms with Crippen LogP contribution in [0.5, 0.6) is 0 Å². The van der Waals surface area contributed by atoms with Gasteiger partial charge < -0.3 is 15.4 Å². The van der Waals surface area contributed by atoms with Gasteiger partial charge in [-0.05, 0) is 44.2 Å². The molecule has 4 rings (SSSR count). The first kappa shape index (κ1) is 25.8. The molecule has 0 atom stereocenters. The van der Waals surface area contributed by atoms with Crippen LogP contribution in [0.1, 0.15) is 25.1 Å². The standard InChI is InChI=1S/C23H23F4N5O3S/c1-22(2,36(33,34)15-5-3-4-14(24)10-15)19-12-18(30-21(31-19)32-6-8-35-9-7-32)16-13-29-20(28)11-17(16)23(25,26)27/h3-5,10-13H,6-9H2,1-2H3,(H2,28,29). The van der Waals surface area contributed by atoms with E-state index >= 15 is 0 Å². The van der Waals surface area contributed by atoms with E-state index in [9.17, 15) is 26.0 Å². The molecule has 8 nitrogen and oxygen atoms in total. The summed E-state index contributed by atoms with van der Waals surface area (Å²) in [5, 5.41) is 0. The van der Waals surface area contributed by atoms with Gasteiger partial charge in [-0.3, -0.25) is 0 Å². The van der Waals surface area contributed by atoms with E-state index in [1.54, 1.807) is 4.90 Å². The largest absolute Gasteiger partial charge is 0.417 e. The molecule has 2 aromatic heterocycles. The first-order valence-corrected chi connectivity index (χ1v) is 12.3. The van der Waals surface area contributed by atoms with Crippen LogP contribution in [0.3, 0.4) is 0 Å². The van der Waals surface area contributed by atoms with Crippen molar-refractivity contribution in [3.63, 3.8) is 0 Å². The van der Waals surface area contributed by atoms with Crippen molar-refractivity contribution in [1.82, 2.24) is 15.0 Å². The number of hydrogen-bond donors (Lipinski definition) is 1. The fourth-order valence-electron chi connectivity index (χ4n) is 3.76. The van der Waals surface area contributed by atoms with Crippen LogP contribution in [0.4, 0.5) is 29.3 Å². The van der Waals surface area contributed by atoms with E-state index in [0.717, 1.165) is 18.3 Å². The smallest absolute Gasteiger partial charge is 0.384 e. The van der Waals surface area contributed by atoms with E-state index in [0.29, 0.717) is 32.4 Å². The van der Waals surface area contributed by atoms with Crippen molar-refractivity contribution < 1.29 is 30.7 Å². The number of hydrogen-bond acceptors (Lipinski definition) is 8. The predicted molar refractivity (Wildman–Crippen MR) is 124 cm³/mol. The number of nitrogens with two attached hydrogens (primary N) is 1. The molecule has 3 heterocycles. The fraction of sp³-hybridized carbons (Fsp3) is 0.348. The zero-order valence-corrected chi connectivity index (χ0v) is 20.2. The Balaban J connectivity index is 1.94. The van der Waals surface area contributed by atoms with E-state index in [4.69, 9.17) is 10.5 Å². The van der Waals surface area contributed by atoms with Crippen molar-refractivity contribution in [2.24, 2.45) is 0 Å². The molecule has 1 fully saturated rings. The highest BCUT2D eigenvalue weighted by Gasteiger charge is 2.41. The van der Waals surface area contributed by atoms with Gasteiger partial charge >= 0.3 is 6.18 Å². The summed E-state index contributed by atoms with van der Waals surface area (Å²) in [4.78, 5) is 14.0. The van der Waals surface area contributed by atoms with Crippen molar-refractivity contribution in [3.8, 4) is 11.3 Å². The number of nitrogens with zero attached hydrogens (tertiary/aromatic N) is 4. The van der Waals surface area contributed by atoms with Crippen LogP contribution in [-0.2, 0) is 25.5 Å². The average molecular weight is 526 g/mol. The van der Waals surface area contributed by atoms with Crippen molar-refractivity contribution in [1.29, 1.82) is 0 Å². The third kappa shape index (κ3) is 4.85. The van der Waals surface area contributed by atoms with E-state index in [-0.39, 0.29) is 33.6 Å². The first-order valence-electron chi connectivity index (χ1n) is 10.9. The average Bonchev–Trinajstić information content (AvgIpc) is 2.83. The summed E-state index contributed by atoms with van der Waals surface area (Å²) in [5.41, 5.74) is 3.81. The molecule has 0 amide bonds. The second-order valence-electron chi connectivity index (χ2n) is 8.66. The van der Waals surface area contributed by atoms with Crippen LogP contribution >= 0.6 is 0 Å². The lowest BCUT2D eigenvalue weighted by Gasteiger charge is -2.30.